The third kappa shape index (κ3) is 3.07. The first kappa shape index (κ1) is 14.7. The number of nitro groups is 1. The highest BCUT2D eigenvalue weighted by molar-refractivity contribution is 5.54. The van der Waals surface area contributed by atoms with Crippen LogP contribution in [0.5, 0.6) is 0 Å². The van der Waals surface area contributed by atoms with Gasteiger partial charge in [-0.3, -0.25) is 10.1 Å². The van der Waals surface area contributed by atoms with Gasteiger partial charge in [0.05, 0.1) is 11.0 Å². The smallest absolute Gasteiger partial charge is 0.274 e. The van der Waals surface area contributed by atoms with Crippen LogP contribution in [0, 0.1) is 21.8 Å². The van der Waals surface area contributed by atoms with Crippen LogP contribution in [0.15, 0.2) is 18.2 Å². The normalized spacial score (nSPS) is 22.6. The SMILES string of the molecule is CN(c1cc(F)cc([N+](=O)[O-])c1)C1CCCCC1CN. The molecule has 0 radical (unpaired) electrons. The van der Waals surface area contributed by atoms with Gasteiger partial charge >= 0.3 is 0 Å². The Balaban J connectivity index is 2.27. The van der Waals surface area contributed by atoms with E-state index in [4.69, 9.17) is 5.73 Å². The lowest BCUT2D eigenvalue weighted by molar-refractivity contribution is -0.385. The minimum absolute atomic E-state index is 0.216. The molecule has 1 aromatic rings. The van der Waals surface area contributed by atoms with E-state index in [0.717, 1.165) is 31.7 Å². The van der Waals surface area contributed by atoms with Gasteiger partial charge in [0.2, 0.25) is 0 Å². The molecule has 2 atom stereocenters. The molecule has 6 heteroatoms. The van der Waals surface area contributed by atoms with Gasteiger partial charge in [0.1, 0.15) is 5.82 Å². The molecular weight excluding hydrogens is 261 g/mol. The molecule has 2 unspecified atom stereocenters. The molecular formula is C14H20FN3O2. The van der Waals surface area contributed by atoms with E-state index >= 15 is 0 Å². The fourth-order valence-electron chi connectivity index (χ4n) is 3.03. The minimum atomic E-state index is -0.582. The number of rotatable bonds is 4. The van der Waals surface area contributed by atoms with Crippen molar-refractivity contribution in [2.45, 2.75) is 31.7 Å². The molecule has 1 aliphatic rings. The van der Waals surface area contributed by atoms with E-state index in [0.29, 0.717) is 18.2 Å². The second-order valence-corrected chi connectivity index (χ2v) is 5.38. The Bertz CT molecular complexity index is 495. The lowest BCUT2D eigenvalue weighted by Gasteiger charge is -2.38. The number of nitro benzene ring substituents is 1. The molecule has 1 aliphatic carbocycles. The molecule has 5 nitrogen and oxygen atoms in total. The first-order chi connectivity index (χ1) is 9.52. The Labute approximate surface area is 117 Å². The Morgan fingerprint density at radius 3 is 2.75 bits per heavy atom. The average molecular weight is 281 g/mol. The molecule has 0 aromatic heterocycles. The molecule has 1 saturated carbocycles. The van der Waals surface area contributed by atoms with Crippen LogP contribution in [0.25, 0.3) is 0 Å². The maximum atomic E-state index is 13.5. The first-order valence-corrected chi connectivity index (χ1v) is 6.91. The maximum absolute atomic E-state index is 13.5. The minimum Gasteiger partial charge on any atom is -0.371 e. The summed E-state index contributed by atoms with van der Waals surface area (Å²) in [5.74, 6) is -0.225. The molecule has 0 amide bonds. The highest BCUT2D eigenvalue weighted by Gasteiger charge is 2.28. The molecule has 1 fully saturated rings. The molecule has 20 heavy (non-hydrogen) atoms. The number of nitrogens with zero attached hydrogens (tertiary/aromatic N) is 2. The molecule has 1 aromatic carbocycles. The summed E-state index contributed by atoms with van der Waals surface area (Å²) in [4.78, 5) is 12.2. The topological polar surface area (TPSA) is 72.4 Å². The average Bonchev–Trinajstić information content (AvgIpc) is 2.45. The van der Waals surface area contributed by atoms with Gasteiger partial charge in [0.25, 0.3) is 5.69 Å². The quantitative estimate of drug-likeness (QED) is 0.680. The van der Waals surface area contributed by atoms with Gasteiger partial charge in [-0.25, -0.2) is 4.39 Å². The van der Waals surface area contributed by atoms with Gasteiger partial charge in [-0.2, -0.15) is 0 Å². The van der Waals surface area contributed by atoms with Crippen molar-refractivity contribution in [1.82, 2.24) is 0 Å². The van der Waals surface area contributed by atoms with E-state index in [1.54, 1.807) is 0 Å². The maximum Gasteiger partial charge on any atom is 0.274 e. The van der Waals surface area contributed by atoms with Crippen LogP contribution in [-0.2, 0) is 0 Å². The standard InChI is InChI=1S/C14H20FN3O2/c1-17(14-5-3-2-4-10(14)9-16)12-6-11(15)7-13(8-12)18(19)20/h6-8,10,14H,2-5,9,16H2,1H3. The molecule has 0 aliphatic heterocycles. The highest BCUT2D eigenvalue weighted by atomic mass is 19.1. The zero-order chi connectivity index (χ0) is 14.7. The summed E-state index contributed by atoms with van der Waals surface area (Å²) < 4.78 is 13.5. The van der Waals surface area contributed by atoms with Crippen LogP contribution in [0.1, 0.15) is 25.7 Å². The zero-order valence-electron chi connectivity index (χ0n) is 11.6. The predicted molar refractivity (Wildman–Crippen MR) is 76.3 cm³/mol. The van der Waals surface area contributed by atoms with E-state index in [2.05, 4.69) is 0 Å². The van der Waals surface area contributed by atoms with Crippen molar-refractivity contribution in [2.75, 3.05) is 18.5 Å². The summed E-state index contributed by atoms with van der Waals surface area (Å²) in [6.45, 7) is 0.590. The molecule has 2 rings (SSSR count). The Morgan fingerprint density at radius 2 is 2.10 bits per heavy atom. The van der Waals surface area contributed by atoms with Crippen LogP contribution >= 0.6 is 0 Å². The van der Waals surface area contributed by atoms with Crippen molar-refractivity contribution in [3.8, 4) is 0 Å². The number of nitrogens with two attached hydrogens (primary N) is 1. The van der Waals surface area contributed by atoms with E-state index in [9.17, 15) is 14.5 Å². The largest absolute Gasteiger partial charge is 0.371 e. The third-order valence-corrected chi connectivity index (χ3v) is 4.15. The van der Waals surface area contributed by atoms with Crippen molar-refractivity contribution < 1.29 is 9.31 Å². The summed E-state index contributed by atoms with van der Waals surface area (Å²) in [6, 6.07) is 3.93. The number of halogens is 1. The van der Waals surface area contributed by atoms with E-state index in [1.807, 2.05) is 11.9 Å². The van der Waals surface area contributed by atoms with Crippen molar-refractivity contribution >= 4 is 11.4 Å². The lowest BCUT2D eigenvalue weighted by atomic mass is 9.83. The van der Waals surface area contributed by atoms with Gasteiger partial charge in [-0.15, -0.1) is 0 Å². The third-order valence-electron chi connectivity index (χ3n) is 4.15. The van der Waals surface area contributed by atoms with Gasteiger partial charge in [-0.05, 0) is 31.4 Å². The molecule has 2 N–H and O–H groups in total. The fraction of sp³-hybridized carbons (Fsp3) is 0.571. The number of hydrogen-bond donors (Lipinski definition) is 1. The Hall–Kier alpha value is -1.69. The molecule has 0 saturated heterocycles. The van der Waals surface area contributed by atoms with Crippen LogP contribution < -0.4 is 10.6 Å². The van der Waals surface area contributed by atoms with Crippen molar-refractivity contribution in [3.05, 3.63) is 34.1 Å². The Morgan fingerprint density at radius 1 is 1.40 bits per heavy atom. The molecule has 0 spiro atoms. The van der Waals surface area contributed by atoms with Crippen molar-refractivity contribution in [3.63, 3.8) is 0 Å². The summed E-state index contributed by atoms with van der Waals surface area (Å²) >= 11 is 0. The lowest BCUT2D eigenvalue weighted by Crippen LogP contribution is -2.43. The van der Waals surface area contributed by atoms with Gasteiger partial charge in [0, 0.05) is 24.8 Å². The second kappa shape index (κ2) is 6.17. The van der Waals surface area contributed by atoms with Crippen LogP contribution in [0.3, 0.4) is 0 Å². The van der Waals surface area contributed by atoms with E-state index < -0.39 is 10.7 Å². The van der Waals surface area contributed by atoms with Gasteiger partial charge < -0.3 is 10.6 Å². The molecule has 110 valence electrons. The molecule has 0 heterocycles. The van der Waals surface area contributed by atoms with Crippen LogP contribution in [0.4, 0.5) is 15.8 Å². The van der Waals surface area contributed by atoms with Crippen molar-refractivity contribution in [1.29, 1.82) is 0 Å². The molecule has 0 bridgehead atoms. The fourth-order valence-corrected chi connectivity index (χ4v) is 3.03. The van der Waals surface area contributed by atoms with E-state index in [-0.39, 0.29) is 11.7 Å². The number of non-ortho nitro benzene ring substituents is 1. The predicted octanol–water partition coefficient (Wildman–Crippen LogP) is 2.69. The van der Waals surface area contributed by atoms with Crippen LogP contribution in [0.2, 0.25) is 0 Å². The van der Waals surface area contributed by atoms with Crippen LogP contribution in [-0.4, -0.2) is 24.6 Å². The van der Waals surface area contributed by atoms with Crippen molar-refractivity contribution in [2.24, 2.45) is 11.7 Å². The summed E-state index contributed by atoms with van der Waals surface area (Å²) in [5.41, 5.74) is 6.14. The highest BCUT2D eigenvalue weighted by Crippen LogP contribution is 2.32. The summed E-state index contributed by atoms with van der Waals surface area (Å²) in [5, 5.41) is 10.8. The summed E-state index contributed by atoms with van der Waals surface area (Å²) in [6.07, 6.45) is 4.32. The van der Waals surface area contributed by atoms with Gasteiger partial charge in [-0.1, -0.05) is 12.8 Å². The summed E-state index contributed by atoms with van der Waals surface area (Å²) in [7, 11) is 1.86. The number of anilines is 1. The number of hydrogen-bond acceptors (Lipinski definition) is 4. The monoisotopic (exact) mass is 281 g/mol. The zero-order valence-corrected chi connectivity index (χ0v) is 11.6. The number of benzene rings is 1. The van der Waals surface area contributed by atoms with E-state index in [1.165, 1.54) is 12.1 Å². The first-order valence-electron chi connectivity index (χ1n) is 6.91. The van der Waals surface area contributed by atoms with Gasteiger partial charge in [0.15, 0.2) is 0 Å². The Kier molecular flexibility index (Phi) is 4.54. The second-order valence-electron chi connectivity index (χ2n) is 5.38.